The van der Waals surface area contributed by atoms with Gasteiger partial charge in [0.05, 0.1) is 29.6 Å². The molecule has 0 heterocycles. The Hall–Kier alpha value is -0.150. The molecule has 0 bridgehead atoms. The molecule has 0 fully saturated rings. The number of hydrogen-bond donors (Lipinski definition) is 0. The first-order valence-corrected chi connectivity index (χ1v) is 10.2. The molecule has 0 aliphatic carbocycles. The van der Waals surface area contributed by atoms with Crippen molar-refractivity contribution in [2.24, 2.45) is 0 Å². The molecule has 0 aliphatic heterocycles. The van der Waals surface area contributed by atoms with Crippen LogP contribution >= 0.6 is 0 Å². The van der Waals surface area contributed by atoms with Gasteiger partial charge in [-0.25, -0.2) is 8.42 Å². The van der Waals surface area contributed by atoms with Crippen LogP contribution < -0.4 is 29.6 Å². The van der Waals surface area contributed by atoms with E-state index in [1.165, 1.54) is 32.1 Å². The molecule has 142 valence electrons. The molecule has 0 atom stereocenters. The zero-order chi connectivity index (χ0) is 18.3. The first kappa shape index (κ1) is 27.1. The predicted molar refractivity (Wildman–Crippen MR) is 88.3 cm³/mol. The van der Waals surface area contributed by atoms with Crippen LogP contribution in [0.2, 0.25) is 0 Å². The van der Waals surface area contributed by atoms with Crippen LogP contribution in [0, 0.1) is 0 Å². The summed E-state index contributed by atoms with van der Waals surface area (Å²) in [7, 11) is -4.43. The van der Waals surface area contributed by atoms with E-state index in [2.05, 4.69) is 11.7 Å². The summed E-state index contributed by atoms with van der Waals surface area (Å²) >= 11 is 0. The van der Waals surface area contributed by atoms with Crippen molar-refractivity contribution in [1.29, 1.82) is 0 Å². The van der Waals surface area contributed by atoms with Gasteiger partial charge in [0.2, 0.25) is 0 Å². The van der Waals surface area contributed by atoms with Gasteiger partial charge in [0.15, 0.2) is 0 Å². The Kier molecular flexibility index (Phi) is 18.7. The third kappa shape index (κ3) is 21.8. The summed E-state index contributed by atoms with van der Waals surface area (Å²) in [6.07, 6.45) is 8.69. The summed E-state index contributed by atoms with van der Waals surface area (Å²) in [6.45, 7) is 2.37. The topological polar surface area (TPSA) is 110 Å². The van der Waals surface area contributed by atoms with Crippen molar-refractivity contribution >= 4 is 22.1 Å². The number of carbonyl (C=O) groups excluding carboxylic acids is 2. The van der Waals surface area contributed by atoms with Crippen LogP contribution in [0.5, 0.6) is 0 Å². The average Bonchev–Trinajstić information content (AvgIpc) is 2.50. The molecule has 0 radical (unpaired) electrons. The monoisotopic (exact) mass is 388 g/mol. The largest absolute Gasteiger partial charge is 1.00 e. The van der Waals surface area contributed by atoms with E-state index in [-0.39, 0.29) is 42.6 Å². The van der Waals surface area contributed by atoms with Gasteiger partial charge < -0.3 is 14.0 Å². The minimum atomic E-state index is -4.43. The molecule has 0 aliphatic rings. The quantitative estimate of drug-likeness (QED) is 0.162. The van der Waals surface area contributed by atoms with E-state index in [1.807, 2.05) is 0 Å². The molecule has 0 amide bonds. The first-order chi connectivity index (χ1) is 11.3. The molecule has 0 N–H and O–H groups in total. The van der Waals surface area contributed by atoms with Crippen molar-refractivity contribution < 1.29 is 61.6 Å². The summed E-state index contributed by atoms with van der Waals surface area (Å²) in [5.74, 6) is -2.07. The van der Waals surface area contributed by atoms with Crippen LogP contribution in [0.3, 0.4) is 0 Å². The number of hydrogen-bond acceptors (Lipinski definition) is 7. The predicted octanol–water partition coefficient (Wildman–Crippen LogP) is -0.457. The fraction of sp³-hybridized carbons (Fsp3) is 0.875. The Balaban J connectivity index is 0. The average molecular weight is 388 g/mol. The van der Waals surface area contributed by atoms with Crippen molar-refractivity contribution in [2.75, 3.05) is 19.0 Å². The van der Waals surface area contributed by atoms with Crippen LogP contribution in [0.25, 0.3) is 0 Å². The summed E-state index contributed by atoms with van der Waals surface area (Å²) < 4.78 is 40.7. The number of esters is 2. The van der Waals surface area contributed by atoms with E-state index in [9.17, 15) is 22.6 Å². The summed E-state index contributed by atoms with van der Waals surface area (Å²) in [5.41, 5.74) is 0. The van der Waals surface area contributed by atoms with Crippen LogP contribution in [0.1, 0.15) is 71.1 Å². The number of ether oxygens (including phenoxy) is 2. The maximum Gasteiger partial charge on any atom is 1.00 e. The number of carbonyl (C=O) groups is 2. The van der Waals surface area contributed by atoms with Crippen LogP contribution in [-0.2, 0) is 29.2 Å². The second-order valence-electron chi connectivity index (χ2n) is 5.68. The van der Waals surface area contributed by atoms with Gasteiger partial charge in [0.25, 0.3) is 0 Å². The van der Waals surface area contributed by atoms with Gasteiger partial charge in [0.1, 0.15) is 6.61 Å². The molecule has 9 heteroatoms. The molecular formula is C16H29NaO7S. The van der Waals surface area contributed by atoms with E-state index in [0.717, 1.165) is 19.3 Å². The maximum atomic E-state index is 11.4. The van der Waals surface area contributed by atoms with Gasteiger partial charge in [0, 0.05) is 5.75 Å². The molecule has 0 aromatic heterocycles. The third-order valence-corrected chi connectivity index (χ3v) is 4.09. The van der Waals surface area contributed by atoms with Gasteiger partial charge in [-0.15, -0.1) is 0 Å². The second-order valence-corrected chi connectivity index (χ2v) is 7.20. The van der Waals surface area contributed by atoms with Gasteiger partial charge in [-0.1, -0.05) is 51.9 Å². The van der Waals surface area contributed by atoms with E-state index in [0.29, 0.717) is 6.61 Å². The molecule has 0 spiro atoms. The second kappa shape index (κ2) is 17.3. The molecule has 0 saturated carbocycles. The van der Waals surface area contributed by atoms with E-state index in [4.69, 9.17) is 4.74 Å². The van der Waals surface area contributed by atoms with Crippen molar-refractivity contribution in [3.8, 4) is 0 Å². The van der Waals surface area contributed by atoms with E-state index < -0.39 is 34.2 Å². The fourth-order valence-electron chi connectivity index (χ4n) is 2.02. The summed E-state index contributed by atoms with van der Waals surface area (Å²) in [5, 5.41) is 0. The Labute approximate surface area is 173 Å². The SMILES string of the molecule is CCCCCCCCCCOC(=O)CCOC(=O)CCS(=O)(=O)[O-].[Na+]. The molecule has 0 aromatic rings. The maximum absolute atomic E-state index is 11.4. The molecule has 0 saturated heterocycles. The van der Waals surface area contributed by atoms with Crippen LogP contribution in [-0.4, -0.2) is 43.9 Å². The molecular weight excluding hydrogens is 359 g/mol. The number of unbranched alkanes of at least 4 members (excludes halogenated alkanes) is 7. The Morgan fingerprint density at radius 3 is 1.84 bits per heavy atom. The molecule has 0 aromatic carbocycles. The van der Waals surface area contributed by atoms with Crippen molar-refractivity contribution in [1.82, 2.24) is 0 Å². The summed E-state index contributed by atoms with van der Waals surface area (Å²) in [6, 6.07) is 0. The van der Waals surface area contributed by atoms with Crippen LogP contribution in [0.4, 0.5) is 0 Å². The third-order valence-electron chi connectivity index (χ3n) is 3.39. The smallest absolute Gasteiger partial charge is 0.748 e. The van der Waals surface area contributed by atoms with Gasteiger partial charge in [-0.2, -0.15) is 0 Å². The van der Waals surface area contributed by atoms with Crippen molar-refractivity contribution in [2.45, 2.75) is 71.1 Å². The van der Waals surface area contributed by atoms with Crippen molar-refractivity contribution in [3.05, 3.63) is 0 Å². The molecule has 0 rings (SSSR count). The first-order valence-electron chi connectivity index (χ1n) is 8.60. The van der Waals surface area contributed by atoms with Crippen LogP contribution in [0.15, 0.2) is 0 Å². The molecule has 0 unspecified atom stereocenters. The van der Waals surface area contributed by atoms with Gasteiger partial charge in [-0.05, 0) is 6.42 Å². The zero-order valence-corrected chi connectivity index (χ0v) is 18.3. The fourth-order valence-corrected chi connectivity index (χ4v) is 2.44. The van der Waals surface area contributed by atoms with Crippen molar-refractivity contribution in [3.63, 3.8) is 0 Å². The summed E-state index contributed by atoms with van der Waals surface area (Å²) in [4.78, 5) is 22.5. The zero-order valence-electron chi connectivity index (χ0n) is 15.5. The van der Waals surface area contributed by atoms with Gasteiger partial charge >= 0.3 is 41.5 Å². The normalized spacial score (nSPS) is 10.8. The van der Waals surface area contributed by atoms with E-state index >= 15 is 0 Å². The van der Waals surface area contributed by atoms with Gasteiger partial charge in [-0.3, -0.25) is 9.59 Å². The molecule has 7 nitrogen and oxygen atoms in total. The minimum Gasteiger partial charge on any atom is -0.748 e. The molecule has 25 heavy (non-hydrogen) atoms. The standard InChI is InChI=1S/C16H30O7S.Na/c1-2-3-4-5-6-7-8-9-12-22-15(17)10-13-23-16(18)11-14-24(19,20)21;/h2-14H2,1H3,(H,19,20,21);/q;+1/p-1. The number of rotatable bonds is 15. The minimum absolute atomic E-state index is 0. The Bertz CT molecular complexity index is 451. The van der Waals surface area contributed by atoms with E-state index in [1.54, 1.807) is 0 Å². The Morgan fingerprint density at radius 1 is 0.800 bits per heavy atom. The Morgan fingerprint density at radius 2 is 1.28 bits per heavy atom.